The molecule has 0 radical (unpaired) electrons. The molecule has 20 heavy (non-hydrogen) atoms. The molecule has 1 aromatic rings. The summed E-state index contributed by atoms with van der Waals surface area (Å²) in [5, 5.41) is 0.368. The summed E-state index contributed by atoms with van der Waals surface area (Å²) in [6.07, 6.45) is 4.05. The summed E-state index contributed by atoms with van der Waals surface area (Å²) in [7, 11) is -3.61. The maximum Gasteiger partial charge on any atom is 0.246 e. The summed E-state index contributed by atoms with van der Waals surface area (Å²) in [6.45, 7) is 1.03. The largest absolute Gasteiger partial charge is 0.246 e. The molecule has 0 amide bonds. The van der Waals surface area contributed by atoms with Crippen molar-refractivity contribution in [2.24, 2.45) is 0 Å². The summed E-state index contributed by atoms with van der Waals surface area (Å²) < 4.78 is 26.8. The van der Waals surface area contributed by atoms with E-state index in [0.717, 1.165) is 12.8 Å². The molecule has 1 aliphatic heterocycles. The van der Waals surface area contributed by atoms with Crippen LogP contribution in [-0.2, 0) is 10.0 Å². The molecule has 1 aliphatic carbocycles. The molecule has 1 saturated heterocycles. The Kier molecular flexibility index (Phi) is 3.84. The number of hydrogen-bond donors (Lipinski definition) is 0. The molecule has 0 bridgehead atoms. The van der Waals surface area contributed by atoms with Gasteiger partial charge < -0.3 is 0 Å². The number of halogens is 2. The van der Waals surface area contributed by atoms with Crippen molar-refractivity contribution in [3.8, 4) is 0 Å². The first-order valence-corrected chi connectivity index (χ1v) is 8.83. The molecule has 6 heteroatoms. The Hall–Kier alpha value is -0.550. The Bertz CT molecular complexity index is 646. The molecule has 1 aromatic carbocycles. The van der Waals surface area contributed by atoms with Gasteiger partial charge in [-0.05, 0) is 37.8 Å². The first-order chi connectivity index (χ1) is 9.50. The van der Waals surface area contributed by atoms with Gasteiger partial charge in [-0.25, -0.2) is 8.42 Å². The van der Waals surface area contributed by atoms with E-state index >= 15 is 0 Å². The van der Waals surface area contributed by atoms with Crippen LogP contribution >= 0.6 is 23.2 Å². The number of nitrogens with zero attached hydrogens (tertiary/aromatic N) is 1. The van der Waals surface area contributed by atoms with E-state index in [1.807, 2.05) is 0 Å². The van der Waals surface area contributed by atoms with Gasteiger partial charge in [0.2, 0.25) is 10.0 Å². The van der Waals surface area contributed by atoms with Crippen LogP contribution in [0.2, 0.25) is 10.0 Å². The fourth-order valence-electron chi connectivity index (χ4n) is 2.62. The van der Waals surface area contributed by atoms with Crippen LogP contribution in [-0.4, -0.2) is 25.8 Å². The van der Waals surface area contributed by atoms with Gasteiger partial charge in [0.15, 0.2) is 0 Å². The number of rotatable bonds is 2. The number of benzene rings is 1. The second-order valence-electron chi connectivity index (χ2n) is 5.16. The zero-order valence-corrected chi connectivity index (χ0v) is 13.2. The molecule has 3 nitrogen and oxygen atoms in total. The van der Waals surface area contributed by atoms with E-state index in [1.54, 1.807) is 18.2 Å². The average molecular weight is 332 g/mol. The first kappa shape index (κ1) is 14.4. The molecule has 0 N–H and O–H groups in total. The fraction of sp³-hybridized carbons (Fsp3) is 0.429. The Balaban J connectivity index is 1.88. The second-order valence-corrected chi connectivity index (χ2v) is 7.85. The predicted molar refractivity (Wildman–Crippen MR) is 80.7 cm³/mol. The third-order valence-corrected chi connectivity index (χ3v) is 6.70. The standard InChI is InChI=1S/C14H15Cl2NO2S/c15-12-2-1-3-13(16)14(12)20(18,19)17-8-6-11(7-9-17)10-4-5-10/h1-3H,4-9H2. The van der Waals surface area contributed by atoms with Crippen molar-refractivity contribution in [3.63, 3.8) is 0 Å². The van der Waals surface area contributed by atoms with Crippen LogP contribution in [0, 0.1) is 0 Å². The number of hydrogen-bond acceptors (Lipinski definition) is 2. The van der Waals surface area contributed by atoms with Crippen molar-refractivity contribution in [1.82, 2.24) is 4.31 Å². The predicted octanol–water partition coefficient (Wildman–Crippen LogP) is 3.87. The second kappa shape index (κ2) is 5.34. The summed E-state index contributed by atoms with van der Waals surface area (Å²) in [6, 6.07) is 4.76. The topological polar surface area (TPSA) is 37.4 Å². The molecule has 108 valence electrons. The smallest absolute Gasteiger partial charge is 0.207 e. The summed E-state index contributed by atoms with van der Waals surface area (Å²) >= 11 is 12.0. The molecule has 3 rings (SSSR count). The highest BCUT2D eigenvalue weighted by Gasteiger charge is 2.32. The van der Waals surface area contributed by atoms with Gasteiger partial charge in [0.25, 0.3) is 0 Å². The Morgan fingerprint density at radius 2 is 1.40 bits per heavy atom. The number of sulfonamides is 1. The van der Waals surface area contributed by atoms with Crippen molar-refractivity contribution >= 4 is 33.2 Å². The Morgan fingerprint density at radius 1 is 0.900 bits per heavy atom. The fourth-order valence-corrected chi connectivity index (χ4v) is 5.16. The molecule has 1 heterocycles. The molecule has 0 aromatic heterocycles. The lowest BCUT2D eigenvalue weighted by Gasteiger charge is -2.28. The monoisotopic (exact) mass is 331 g/mol. The van der Waals surface area contributed by atoms with Gasteiger partial charge in [-0.2, -0.15) is 4.31 Å². The van der Waals surface area contributed by atoms with Crippen molar-refractivity contribution in [2.45, 2.75) is 30.6 Å². The van der Waals surface area contributed by atoms with Gasteiger partial charge in [0.1, 0.15) is 4.90 Å². The number of piperidine rings is 1. The van der Waals surface area contributed by atoms with Crippen molar-refractivity contribution in [1.29, 1.82) is 0 Å². The zero-order valence-electron chi connectivity index (χ0n) is 10.9. The van der Waals surface area contributed by atoms with Crippen molar-refractivity contribution in [2.75, 3.05) is 13.1 Å². The van der Waals surface area contributed by atoms with Crippen LogP contribution in [0.15, 0.2) is 34.2 Å². The third-order valence-electron chi connectivity index (χ3n) is 3.84. The molecule has 0 spiro atoms. The van der Waals surface area contributed by atoms with Crippen LogP contribution in [0.4, 0.5) is 0 Å². The minimum Gasteiger partial charge on any atom is -0.207 e. The van der Waals surface area contributed by atoms with Crippen LogP contribution < -0.4 is 0 Å². The van der Waals surface area contributed by atoms with E-state index in [1.165, 1.54) is 28.3 Å². The molecule has 2 fully saturated rings. The van der Waals surface area contributed by atoms with Gasteiger partial charge in [0, 0.05) is 13.1 Å². The highest BCUT2D eigenvalue weighted by atomic mass is 35.5. The lowest BCUT2D eigenvalue weighted by Crippen LogP contribution is -2.36. The normalized spacial score (nSPS) is 20.3. The highest BCUT2D eigenvalue weighted by molar-refractivity contribution is 7.89. The van der Waals surface area contributed by atoms with E-state index < -0.39 is 10.0 Å². The van der Waals surface area contributed by atoms with E-state index in [0.29, 0.717) is 13.1 Å². The highest BCUT2D eigenvalue weighted by Crippen LogP contribution is 2.38. The molecule has 0 atom stereocenters. The van der Waals surface area contributed by atoms with Gasteiger partial charge >= 0.3 is 0 Å². The van der Waals surface area contributed by atoms with E-state index in [9.17, 15) is 8.42 Å². The summed E-state index contributed by atoms with van der Waals surface area (Å²) in [5.74, 6) is 0. The van der Waals surface area contributed by atoms with Gasteiger partial charge in [-0.15, -0.1) is 0 Å². The van der Waals surface area contributed by atoms with Crippen molar-refractivity contribution in [3.05, 3.63) is 39.4 Å². The summed E-state index contributed by atoms with van der Waals surface area (Å²) in [5.41, 5.74) is 2.97. The maximum atomic E-state index is 12.7. The Labute approximate surface area is 129 Å². The number of allylic oxidation sites excluding steroid dienone is 1. The lowest BCUT2D eigenvalue weighted by atomic mass is 10.1. The Morgan fingerprint density at radius 3 is 1.90 bits per heavy atom. The molecular formula is C14H15Cl2NO2S. The average Bonchev–Trinajstić information content (AvgIpc) is 3.22. The molecule has 1 saturated carbocycles. The lowest BCUT2D eigenvalue weighted by molar-refractivity contribution is 0.386. The third kappa shape index (κ3) is 2.62. The van der Waals surface area contributed by atoms with Gasteiger partial charge in [-0.3, -0.25) is 0 Å². The van der Waals surface area contributed by atoms with Gasteiger partial charge in [0.05, 0.1) is 10.0 Å². The van der Waals surface area contributed by atoms with Crippen LogP contribution in [0.5, 0.6) is 0 Å². The minimum absolute atomic E-state index is 0.0332. The minimum atomic E-state index is -3.61. The first-order valence-electron chi connectivity index (χ1n) is 6.64. The molecule has 0 unspecified atom stereocenters. The zero-order chi connectivity index (χ0) is 14.3. The summed E-state index contributed by atoms with van der Waals surface area (Å²) in [4.78, 5) is 0.0332. The molecular weight excluding hydrogens is 317 g/mol. The van der Waals surface area contributed by atoms with E-state index in [4.69, 9.17) is 23.2 Å². The molecule has 2 aliphatic rings. The van der Waals surface area contributed by atoms with Crippen LogP contribution in [0.1, 0.15) is 25.7 Å². The maximum absolute atomic E-state index is 12.7. The van der Waals surface area contributed by atoms with Gasteiger partial charge in [-0.1, -0.05) is 40.4 Å². The van der Waals surface area contributed by atoms with E-state index in [2.05, 4.69) is 0 Å². The van der Waals surface area contributed by atoms with Crippen LogP contribution in [0.3, 0.4) is 0 Å². The van der Waals surface area contributed by atoms with E-state index in [-0.39, 0.29) is 14.9 Å². The quantitative estimate of drug-likeness (QED) is 0.771. The van der Waals surface area contributed by atoms with Crippen molar-refractivity contribution < 1.29 is 8.42 Å². The SMILES string of the molecule is O=S(=O)(c1c(Cl)cccc1Cl)N1CCC(=C2CC2)CC1. The van der Waals surface area contributed by atoms with Crippen LogP contribution in [0.25, 0.3) is 0 Å².